The number of nitrogens with zero attached hydrogens (tertiary/aromatic N) is 1. The van der Waals surface area contributed by atoms with Crippen molar-refractivity contribution >= 4 is 28.7 Å². The largest absolute Gasteiger partial charge is 0.459 e. The zero-order valence-electron chi connectivity index (χ0n) is 14.3. The molecule has 0 radical (unpaired) electrons. The Balaban J connectivity index is 1.78. The monoisotopic (exact) mass is 355 g/mol. The molecule has 2 aromatic carbocycles. The molecule has 2 aromatic rings. The Kier molecular flexibility index (Phi) is 5.36. The Morgan fingerprint density at radius 2 is 1.81 bits per heavy atom. The zero-order chi connectivity index (χ0) is 18.5. The van der Waals surface area contributed by atoms with Crippen LogP contribution in [0.4, 0.5) is 22.7 Å². The number of esters is 1. The molecule has 1 aliphatic rings. The van der Waals surface area contributed by atoms with Gasteiger partial charge in [-0.05, 0) is 62.1 Å². The number of anilines is 3. The van der Waals surface area contributed by atoms with Crippen LogP contribution < -0.4 is 11.1 Å². The summed E-state index contributed by atoms with van der Waals surface area (Å²) in [6.45, 7) is 0. The molecular formula is C19H21N3O4. The highest BCUT2D eigenvalue weighted by Gasteiger charge is 2.22. The van der Waals surface area contributed by atoms with Gasteiger partial charge in [-0.3, -0.25) is 10.1 Å². The van der Waals surface area contributed by atoms with Crippen LogP contribution >= 0.6 is 0 Å². The Morgan fingerprint density at radius 3 is 2.46 bits per heavy atom. The van der Waals surface area contributed by atoms with Crippen LogP contribution in [0.25, 0.3) is 0 Å². The number of hydrogen-bond acceptors (Lipinski definition) is 6. The van der Waals surface area contributed by atoms with E-state index in [1.165, 1.54) is 18.2 Å². The van der Waals surface area contributed by atoms with Crippen LogP contribution in [-0.4, -0.2) is 17.0 Å². The van der Waals surface area contributed by atoms with Crippen LogP contribution in [0.1, 0.15) is 42.5 Å². The number of carbonyl (C=O) groups excluding carboxylic acids is 1. The lowest BCUT2D eigenvalue weighted by Gasteiger charge is -2.21. The van der Waals surface area contributed by atoms with Gasteiger partial charge in [0, 0.05) is 17.4 Å². The molecule has 0 saturated heterocycles. The molecule has 0 amide bonds. The van der Waals surface area contributed by atoms with Gasteiger partial charge in [-0.2, -0.15) is 0 Å². The van der Waals surface area contributed by atoms with Gasteiger partial charge in [0.15, 0.2) is 0 Å². The molecule has 0 heterocycles. The summed E-state index contributed by atoms with van der Waals surface area (Å²) in [5.74, 6) is -0.515. The number of nitro benzene ring substituents is 1. The summed E-state index contributed by atoms with van der Waals surface area (Å²) < 4.78 is 5.49. The lowest BCUT2D eigenvalue weighted by atomic mass is 9.98. The molecule has 1 aliphatic carbocycles. The molecule has 0 unspecified atom stereocenters. The number of hydrogen-bond donors (Lipinski definition) is 2. The van der Waals surface area contributed by atoms with E-state index in [9.17, 15) is 14.9 Å². The third-order valence-electron chi connectivity index (χ3n) is 4.45. The lowest BCUT2D eigenvalue weighted by molar-refractivity contribution is -0.383. The Morgan fingerprint density at radius 1 is 1.12 bits per heavy atom. The van der Waals surface area contributed by atoms with Crippen LogP contribution in [0.15, 0.2) is 42.5 Å². The number of ether oxygens (including phenoxy) is 1. The molecule has 7 heteroatoms. The maximum atomic E-state index is 12.3. The van der Waals surface area contributed by atoms with E-state index < -0.39 is 10.9 Å². The predicted molar refractivity (Wildman–Crippen MR) is 99.5 cm³/mol. The minimum absolute atomic E-state index is 0.0946. The van der Waals surface area contributed by atoms with Crippen molar-refractivity contribution in [2.45, 2.75) is 38.2 Å². The summed E-state index contributed by atoms with van der Waals surface area (Å²) in [7, 11) is 0. The maximum Gasteiger partial charge on any atom is 0.338 e. The first kappa shape index (κ1) is 17.7. The fourth-order valence-corrected chi connectivity index (χ4v) is 3.04. The first-order chi connectivity index (χ1) is 12.5. The second-order valence-corrected chi connectivity index (χ2v) is 6.40. The second kappa shape index (κ2) is 7.86. The number of nitro groups is 1. The topological polar surface area (TPSA) is 107 Å². The van der Waals surface area contributed by atoms with E-state index in [-0.39, 0.29) is 17.4 Å². The molecule has 3 rings (SSSR count). The first-order valence-electron chi connectivity index (χ1n) is 8.65. The van der Waals surface area contributed by atoms with Crippen molar-refractivity contribution in [2.75, 3.05) is 11.1 Å². The lowest BCUT2D eigenvalue weighted by Crippen LogP contribution is -2.21. The Labute approximate surface area is 151 Å². The smallest absolute Gasteiger partial charge is 0.338 e. The van der Waals surface area contributed by atoms with Gasteiger partial charge in [0.25, 0.3) is 5.69 Å². The van der Waals surface area contributed by atoms with Gasteiger partial charge >= 0.3 is 5.97 Å². The van der Waals surface area contributed by atoms with Crippen molar-refractivity contribution in [1.29, 1.82) is 0 Å². The minimum atomic E-state index is -0.517. The molecule has 136 valence electrons. The minimum Gasteiger partial charge on any atom is -0.459 e. The number of nitrogens with one attached hydrogen (secondary N) is 1. The first-order valence-corrected chi connectivity index (χ1v) is 8.65. The summed E-state index contributed by atoms with van der Waals surface area (Å²) in [4.78, 5) is 23.2. The van der Waals surface area contributed by atoms with Crippen molar-refractivity contribution in [3.05, 3.63) is 58.1 Å². The van der Waals surface area contributed by atoms with Crippen molar-refractivity contribution in [1.82, 2.24) is 0 Å². The molecule has 0 atom stereocenters. The fourth-order valence-electron chi connectivity index (χ4n) is 3.04. The summed E-state index contributed by atoms with van der Waals surface area (Å²) in [6.07, 6.45) is 4.86. The molecule has 0 bridgehead atoms. The van der Waals surface area contributed by atoms with E-state index >= 15 is 0 Å². The van der Waals surface area contributed by atoms with Gasteiger partial charge in [-0.15, -0.1) is 0 Å². The average Bonchev–Trinajstić information content (AvgIpc) is 2.64. The molecular weight excluding hydrogens is 334 g/mol. The van der Waals surface area contributed by atoms with E-state index in [1.807, 2.05) is 0 Å². The highest BCUT2D eigenvalue weighted by molar-refractivity contribution is 5.91. The summed E-state index contributed by atoms with van der Waals surface area (Å²) in [5, 5.41) is 14.4. The second-order valence-electron chi connectivity index (χ2n) is 6.40. The van der Waals surface area contributed by atoms with Gasteiger partial charge in [0.2, 0.25) is 0 Å². The maximum absolute atomic E-state index is 12.3. The third-order valence-corrected chi connectivity index (χ3v) is 4.45. The number of nitrogens with two attached hydrogens (primary N) is 1. The Bertz CT molecular complexity index is 799. The van der Waals surface area contributed by atoms with Crippen molar-refractivity contribution in [3.8, 4) is 0 Å². The molecule has 3 N–H and O–H groups in total. The number of carbonyl (C=O) groups is 1. The number of rotatable bonds is 5. The highest BCUT2D eigenvalue weighted by Crippen LogP contribution is 2.30. The standard InChI is InChI=1S/C19H21N3O4/c20-14-7-9-15(10-8-14)21-17-11-6-13(12-18(17)22(24)25)19(23)26-16-4-2-1-3-5-16/h6-12,16,21H,1-5,20H2. The molecule has 7 nitrogen and oxygen atoms in total. The molecule has 0 aliphatic heterocycles. The van der Waals surface area contributed by atoms with E-state index in [0.717, 1.165) is 32.1 Å². The molecule has 0 spiro atoms. The SMILES string of the molecule is Nc1ccc(Nc2ccc(C(=O)OC3CCCCC3)cc2[N+](=O)[O-])cc1. The molecule has 1 fully saturated rings. The average molecular weight is 355 g/mol. The summed E-state index contributed by atoms with van der Waals surface area (Å²) in [6, 6.07) is 11.2. The number of benzene rings is 2. The van der Waals surface area contributed by atoms with Gasteiger partial charge in [-0.25, -0.2) is 4.79 Å². The summed E-state index contributed by atoms with van der Waals surface area (Å²) >= 11 is 0. The fraction of sp³-hybridized carbons (Fsp3) is 0.316. The van der Waals surface area contributed by atoms with E-state index in [2.05, 4.69) is 5.32 Å². The molecule has 0 aromatic heterocycles. The Hall–Kier alpha value is -3.09. The van der Waals surface area contributed by atoms with Gasteiger partial charge in [0.1, 0.15) is 11.8 Å². The van der Waals surface area contributed by atoms with Crippen molar-refractivity contribution in [3.63, 3.8) is 0 Å². The van der Waals surface area contributed by atoms with Crippen molar-refractivity contribution < 1.29 is 14.5 Å². The van der Waals surface area contributed by atoms with Crippen LogP contribution in [0.3, 0.4) is 0 Å². The van der Waals surface area contributed by atoms with Crippen LogP contribution in [0.5, 0.6) is 0 Å². The quantitative estimate of drug-likeness (QED) is 0.356. The molecule has 26 heavy (non-hydrogen) atoms. The predicted octanol–water partition coefficient (Wildman–Crippen LogP) is 4.41. The van der Waals surface area contributed by atoms with Gasteiger partial charge in [-0.1, -0.05) is 6.42 Å². The van der Waals surface area contributed by atoms with E-state index in [0.29, 0.717) is 17.1 Å². The van der Waals surface area contributed by atoms with E-state index in [1.54, 1.807) is 24.3 Å². The van der Waals surface area contributed by atoms with Gasteiger partial charge < -0.3 is 15.8 Å². The normalized spacial score (nSPS) is 14.6. The van der Waals surface area contributed by atoms with Crippen LogP contribution in [0, 0.1) is 10.1 Å². The van der Waals surface area contributed by atoms with Crippen LogP contribution in [0.2, 0.25) is 0 Å². The van der Waals surface area contributed by atoms with Crippen LogP contribution in [-0.2, 0) is 4.74 Å². The van der Waals surface area contributed by atoms with Crippen molar-refractivity contribution in [2.24, 2.45) is 0 Å². The summed E-state index contributed by atoms with van der Waals surface area (Å²) in [5.41, 5.74) is 7.21. The number of nitrogen functional groups attached to an aromatic ring is 1. The van der Waals surface area contributed by atoms with Gasteiger partial charge in [0.05, 0.1) is 10.5 Å². The highest BCUT2D eigenvalue weighted by atomic mass is 16.6. The molecule has 1 saturated carbocycles. The van der Waals surface area contributed by atoms with E-state index in [4.69, 9.17) is 10.5 Å². The third kappa shape index (κ3) is 4.30. The zero-order valence-corrected chi connectivity index (χ0v) is 14.3.